The lowest BCUT2D eigenvalue weighted by molar-refractivity contribution is 0.0527. The molecule has 2 rings (SSSR count). The highest BCUT2D eigenvalue weighted by molar-refractivity contribution is 6.34. The molecule has 1 aromatic heterocycles. The number of nitrogens with two attached hydrogens (primary N) is 1. The first-order valence-electron chi connectivity index (χ1n) is 8.54. The summed E-state index contributed by atoms with van der Waals surface area (Å²) in [5.41, 5.74) is 7.56. The van der Waals surface area contributed by atoms with Crippen molar-refractivity contribution >= 4 is 34.3 Å². The Morgan fingerprint density at radius 2 is 2.15 bits per heavy atom. The van der Waals surface area contributed by atoms with Gasteiger partial charge in [-0.25, -0.2) is 4.79 Å². The number of hydrogen-bond acceptors (Lipinski definition) is 4. The number of ether oxygens (including phenoxy) is 1. The zero-order valence-corrected chi connectivity index (χ0v) is 16.4. The van der Waals surface area contributed by atoms with Crippen LogP contribution in [-0.4, -0.2) is 28.0 Å². The number of benzene rings is 1. The van der Waals surface area contributed by atoms with Crippen molar-refractivity contribution in [3.63, 3.8) is 0 Å². The van der Waals surface area contributed by atoms with Gasteiger partial charge in [0.15, 0.2) is 0 Å². The molecule has 2 aromatic rings. The molecule has 140 valence electrons. The van der Waals surface area contributed by atoms with Gasteiger partial charge < -0.3 is 15.8 Å². The second-order valence-electron chi connectivity index (χ2n) is 7.07. The van der Waals surface area contributed by atoms with Gasteiger partial charge in [0.25, 0.3) is 0 Å². The van der Waals surface area contributed by atoms with Gasteiger partial charge in [-0.3, -0.25) is 4.68 Å². The van der Waals surface area contributed by atoms with Crippen molar-refractivity contribution in [3.05, 3.63) is 22.8 Å². The number of nitrogen functional groups attached to an aromatic ring is 1. The number of amides is 1. The smallest absolute Gasteiger partial charge is 0.407 e. The summed E-state index contributed by atoms with van der Waals surface area (Å²) in [6.45, 7) is 6.07. The van der Waals surface area contributed by atoms with Crippen molar-refractivity contribution in [2.45, 2.75) is 45.6 Å². The van der Waals surface area contributed by atoms with Crippen LogP contribution >= 0.6 is 11.6 Å². The Hall–Kier alpha value is -2.39. The summed E-state index contributed by atoms with van der Waals surface area (Å²) in [7, 11) is 1.85. The maximum Gasteiger partial charge on any atom is 0.407 e. The van der Waals surface area contributed by atoms with Gasteiger partial charge in [-0.2, -0.15) is 5.10 Å². The summed E-state index contributed by atoms with van der Waals surface area (Å²) in [5, 5.41) is 8.43. The second kappa shape index (κ2) is 8.33. The Bertz CT molecular complexity index is 856. The first-order chi connectivity index (χ1) is 12.2. The van der Waals surface area contributed by atoms with E-state index in [0.29, 0.717) is 29.2 Å². The number of aryl methyl sites for hydroxylation is 1. The van der Waals surface area contributed by atoms with Crippen LogP contribution in [0, 0.1) is 11.8 Å². The summed E-state index contributed by atoms with van der Waals surface area (Å²) in [6, 6.07) is 1.75. The molecule has 0 radical (unpaired) electrons. The van der Waals surface area contributed by atoms with Gasteiger partial charge >= 0.3 is 6.09 Å². The van der Waals surface area contributed by atoms with Crippen molar-refractivity contribution in [2.75, 3.05) is 12.3 Å². The zero-order valence-electron chi connectivity index (χ0n) is 15.6. The molecule has 0 atom stereocenters. The average Bonchev–Trinajstić information content (AvgIpc) is 2.87. The normalized spacial score (nSPS) is 11.1. The quantitative estimate of drug-likeness (QED) is 0.482. The van der Waals surface area contributed by atoms with Crippen LogP contribution in [0.3, 0.4) is 0 Å². The molecule has 7 heteroatoms. The van der Waals surface area contributed by atoms with Gasteiger partial charge in [-0.15, -0.1) is 0 Å². The van der Waals surface area contributed by atoms with Gasteiger partial charge in [0.2, 0.25) is 0 Å². The van der Waals surface area contributed by atoms with Crippen molar-refractivity contribution < 1.29 is 9.53 Å². The van der Waals surface area contributed by atoms with Crippen molar-refractivity contribution in [2.24, 2.45) is 7.05 Å². The molecule has 3 N–H and O–H groups in total. The maximum absolute atomic E-state index is 11.5. The average molecular weight is 377 g/mol. The minimum atomic E-state index is -0.482. The highest BCUT2D eigenvalue weighted by atomic mass is 35.5. The molecule has 26 heavy (non-hydrogen) atoms. The largest absolute Gasteiger partial charge is 0.444 e. The molecule has 0 unspecified atom stereocenters. The standard InChI is InChI=1S/C19H25ClN4O2/c1-19(2,3)26-18(25)22-10-8-6-5-7-9-13-14-12-24(4)23-16(14)11-15(20)17(13)21/h11-12H,5-6,8,10,21H2,1-4H3,(H,22,25). The van der Waals surface area contributed by atoms with E-state index in [1.807, 2.05) is 34.0 Å². The fourth-order valence-electron chi connectivity index (χ4n) is 2.40. The predicted octanol–water partition coefficient (Wildman–Crippen LogP) is 3.86. The van der Waals surface area contributed by atoms with E-state index >= 15 is 0 Å². The van der Waals surface area contributed by atoms with E-state index in [1.54, 1.807) is 10.7 Å². The number of nitrogens with one attached hydrogen (secondary N) is 1. The van der Waals surface area contributed by atoms with E-state index in [4.69, 9.17) is 22.1 Å². The number of nitrogens with zero attached hydrogens (tertiary/aromatic N) is 2. The first kappa shape index (κ1) is 19.9. The predicted molar refractivity (Wildman–Crippen MR) is 105 cm³/mol. The van der Waals surface area contributed by atoms with Gasteiger partial charge in [0, 0.05) is 31.6 Å². The molecule has 0 fully saturated rings. The number of unbranched alkanes of at least 4 members (excludes halogenated alkanes) is 2. The maximum atomic E-state index is 11.5. The Balaban J connectivity index is 1.87. The zero-order chi connectivity index (χ0) is 19.3. The van der Waals surface area contributed by atoms with Gasteiger partial charge in [0.05, 0.1) is 21.8 Å². The Kier molecular flexibility index (Phi) is 6.38. The third kappa shape index (κ3) is 5.57. The van der Waals surface area contributed by atoms with E-state index in [2.05, 4.69) is 22.3 Å². The Morgan fingerprint density at radius 1 is 1.42 bits per heavy atom. The number of alkyl carbamates (subject to hydrolysis) is 1. The first-order valence-corrected chi connectivity index (χ1v) is 8.92. The van der Waals surface area contributed by atoms with Crippen LogP contribution < -0.4 is 11.1 Å². The summed E-state index contributed by atoms with van der Waals surface area (Å²) in [5.74, 6) is 6.24. The number of carbonyl (C=O) groups excluding carboxylic acids is 1. The fraction of sp³-hybridized carbons (Fsp3) is 0.474. The number of hydrogen-bond donors (Lipinski definition) is 2. The van der Waals surface area contributed by atoms with Crippen LogP contribution in [0.5, 0.6) is 0 Å². The molecule has 0 saturated carbocycles. The SMILES string of the molecule is Cn1cc2c(C#CCCCCNC(=O)OC(C)(C)C)c(N)c(Cl)cc2n1. The lowest BCUT2D eigenvalue weighted by atomic mass is 10.1. The Morgan fingerprint density at radius 3 is 2.85 bits per heavy atom. The molecule has 1 aromatic carbocycles. The summed E-state index contributed by atoms with van der Waals surface area (Å²) < 4.78 is 6.89. The van der Waals surface area contributed by atoms with E-state index in [9.17, 15) is 4.79 Å². The number of carbonyl (C=O) groups is 1. The Labute approximate surface area is 159 Å². The van der Waals surface area contributed by atoms with Gasteiger partial charge in [-0.1, -0.05) is 23.4 Å². The highest BCUT2D eigenvalue weighted by Crippen LogP contribution is 2.30. The third-order valence-electron chi connectivity index (χ3n) is 3.53. The van der Waals surface area contributed by atoms with Crippen LogP contribution in [0.25, 0.3) is 10.9 Å². The summed E-state index contributed by atoms with van der Waals surface area (Å²) in [4.78, 5) is 11.5. The molecule has 0 aliphatic heterocycles. The van der Waals surface area contributed by atoms with Crippen LogP contribution in [0.2, 0.25) is 5.02 Å². The minimum Gasteiger partial charge on any atom is -0.444 e. The summed E-state index contributed by atoms with van der Waals surface area (Å²) in [6.07, 6.45) is 3.87. The summed E-state index contributed by atoms with van der Waals surface area (Å²) >= 11 is 6.16. The number of halogens is 1. The van der Waals surface area contributed by atoms with Gasteiger partial charge in [0.1, 0.15) is 5.60 Å². The molecular formula is C19H25ClN4O2. The second-order valence-corrected chi connectivity index (χ2v) is 7.48. The van der Waals surface area contributed by atoms with Crippen LogP contribution in [0.15, 0.2) is 12.3 Å². The van der Waals surface area contributed by atoms with Gasteiger partial charge in [-0.05, 0) is 39.7 Å². The molecule has 0 saturated heterocycles. The number of fused-ring (bicyclic) bond motifs is 1. The molecule has 1 amide bonds. The van der Waals surface area contributed by atoms with Crippen LogP contribution in [-0.2, 0) is 11.8 Å². The lowest BCUT2D eigenvalue weighted by Gasteiger charge is -2.19. The molecule has 1 heterocycles. The van der Waals surface area contributed by atoms with E-state index < -0.39 is 11.7 Å². The van der Waals surface area contributed by atoms with Crippen molar-refractivity contribution in [1.29, 1.82) is 0 Å². The topological polar surface area (TPSA) is 82.2 Å². The highest BCUT2D eigenvalue weighted by Gasteiger charge is 2.15. The van der Waals surface area contributed by atoms with Crippen LogP contribution in [0.1, 0.15) is 45.6 Å². The number of anilines is 1. The van der Waals surface area contributed by atoms with Crippen molar-refractivity contribution in [3.8, 4) is 11.8 Å². The molecular weight excluding hydrogens is 352 g/mol. The molecule has 0 spiro atoms. The number of rotatable bonds is 4. The monoisotopic (exact) mass is 376 g/mol. The lowest BCUT2D eigenvalue weighted by Crippen LogP contribution is -2.32. The van der Waals surface area contributed by atoms with Crippen LogP contribution in [0.4, 0.5) is 10.5 Å². The van der Waals surface area contributed by atoms with E-state index in [0.717, 1.165) is 23.7 Å². The molecule has 0 bridgehead atoms. The fourth-order valence-corrected chi connectivity index (χ4v) is 2.59. The molecule has 0 aliphatic rings. The molecule has 0 aliphatic carbocycles. The molecule has 6 nitrogen and oxygen atoms in total. The van der Waals surface area contributed by atoms with Crippen molar-refractivity contribution in [1.82, 2.24) is 15.1 Å². The van der Waals surface area contributed by atoms with E-state index in [-0.39, 0.29) is 0 Å². The number of aromatic nitrogens is 2. The minimum absolute atomic E-state index is 0.394. The van der Waals surface area contributed by atoms with E-state index in [1.165, 1.54) is 0 Å². The third-order valence-corrected chi connectivity index (χ3v) is 3.84.